The Bertz CT molecular complexity index is 771. The van der Waals surface area contributed by atoms with E-state index in [0.29, 0.717) is 17.9 Å². The summed E-state index contributed by atoms with van der Waals surface area (Å²) in [6.07, 6.45) is 1.85. The van der Waals surface area contributed by atoms with E-state index in [-0.39, 0.29) is 24.8 Å². The second kappa shape index (κ2) is 8.63. The molecule has 2 fully saturated rings. The predicted molar refractivity (Wildman–Crippen MR) is 114 cm³/mol. The van der Waals surface area contributed by atoms with Gasteiger partial charge in [0.05, 0.1) is 13.3 Å². The van der Waals surface area contributed by atoms with E-state index in [1.54, 1.807) is 7.11 Å². The fourth-order valence-electron chi connectivity index (χ4n) is 4.55. The summed E-state index contributed by atoms with van der Waals surface area (Å²) in [6.45, 7) is 7.51. The Morgan fingerprint density at radius 3 is 2.41 bits per heavy atom. The number of rotatable bonds is 3. The molecule has 7 heteroatoms. The lowest BCUT2D eigenvalue weighted by Gasteiger charge is -2.27. The third kappa shape index (κ3) is 3.86. The SMILES string of the molecule is COc1ccc([C@H]2[C@@H]3CN(c4nncc(C)c4C)C[C@@H]3CN2C)cc1.Cl.Cl. The average Bonchev–Trinajstić information content (AvgIpc) is 3.14. The smallest absolute Gasteiger partial charge is 0.154 e. The van der Waals surface area contributed by atoms with Crippen LogP contribution in [-0.4, -0.2) is 48.9 Å². The number of fused-ring (bicyclic) bond motifs is 1. The van der Waals surface area contributed by atoms with E-state index >= 15 is 0 Å². The van der Waals surface area contributed by atoms with E-state index in [2.05, 4.69) is 65.2 Å². The summed E-state index contributed by atoms with van der Waals surface area (Å²) in [7, 11) is 3.96. The van der Waals surface area contributed by atoms with Gasteiger partial charge >= 0.3 is 0 Å². The van der Waals surface area contributed by atoms with Crippen LogP contribution in [0.3, 0.4) is 0 Å². The van der Waals surface area contributed by atoms with Gasteiger partial charge in [-0.25, -0.2) is 0 Å². The molecule has 5 nitrogen and oxygen atoms in total. The summed E-state index contributed by atoms with van der Waals surface area (Å²) in [5.74, 6) is 3.28. The molecule has 2 aliphatic rings. The molecule has 3 atom stereocenters. The van der Waals surface area contributed by atoms with Crippen LogP contribution < -0.4 is 9.64 Å². The molecule has 0 aliphatic carbocycles. The largest absolute Gasteiger partial charge is 0.497 e. The number of hydrogen-bond donors (Lipinski definition) is 0. The number of aromatic nitrogens is 2. The van der Waals surface area contributed by atoms with E-state index < -0.39 is 0 Å². The van der Waals surface area contributed by atoms with Crippen molar-refractivity contribution in [1.29, 1.82) is 0 Å². The Morgan fingerprint density at radius 1 is 1.04 bits per heavy atom. The fourth-order valence-corrected chi connectivity index (χ4v) is 4.55. The first-order valence-corrected chi connectivity index (χ1v) is 8.96. The molecule has 0 saturated carbocycles. The molecule has 1 aromatic carbocycles. The molecule has 0 unspecified atom stereocenters. The zero-order valence-electron chi connectivity index (χ0n) is 16.3. The minimum absolute atomic E-state index is 0. The van der Waals surface area contributed by atoms with Crippen LogP contribution in [-0.2, 0) is 0 Å². The lowest BCUT2D eigenvalue weighted by Crippen LogP contribution is -2.30. The van der Waals surface area contributed by atoms with Crippen LogP contribution in [0.5, 0.6) is 5.75 Å². The Hall–Kier alpha value is -1.56. The quantitative estimate of drug-likeness (QED) is 0.771. The molecule has 1 aromatic heterocycles. The fraction of sp³-hybridized carbons (Fsp3) is 0.500. The molecular formula is C20H28Cl2N4O. The summed E-state index contributed by atoms with van der Waals surface area (Å²) in [4.78, 5) is 4.94. The van der Waals surface area contributed by atoms with Gasteiger partial charge in [-0.3, -0.25) is 4.90 Å². The topological polar surface area (TPSA) is 41.5 Å². The van der Waals surface area contributed by atoms with Gasteiger partial charge in [0.1, 0.15) is 5.75 Å². The van der Waals surface area contributed by atoms with Crippen molar-refractivity contribution in [1.82, 2.24) is 15.1 Å². The van der Waals surface area contributed by atoms with Crippen LogP contribution >= 0.6 is 24.8 Å². The van der Waals surface area contributed by atoms with Gasteiger partial charge in [-0.15, -0.1) is 29.9 Å². The molecule has 2 aliphatic heterocycles. The summed E-state index contributed by atoms with van der Waals surface area (Å²) >= 11 is 0. The third-order valence-electron chi connectivity index (χ3n) is 5.98. The molecular weight excluding hydrogens is 383 g/mol. The second-order valence-electron chi connectivity index (χ2n) is 7.46. The number of methoxy groups -OCH3 is 1. The molecule has 2 aromatic rings. The minimum atomic E-state index is 0. The Kier molecular flexibility index (Phi) is 6.95. The van der Waals surface area contributed by atoms with Gasteiger partial charge < -0.3 is 9.64 Å². The standard InChI is InChI=1S/C20H26N4O.2ClH/c1-13-9-21-22-20(14(13)2)24-11-16-10-23(3)19(18(16)12-24)15-5-7-17(25-4)8-6-15;;/h5-9,16,18-19H,10-12H2,1-4H3;2*1H/t16-,18+,19-;;/m0../s1. The van der Waals surface area contributed by atoms with Gasteiger partial charge in [0.25, 0.3) is 0 Å². The highest BCUT2D eigenvalue weighted by Crippen LogP contribution is 2.45. The van der Waals surface area contributed by atoms with Gasteiger partial charge in [-0.2, -0.15) is 5.10 Å². The van der Waals surface area contributed by atoms with Crippen LogP contribution in [0.2, 0.25) is 0 Å². The van der Waals surface area contributed by atoms with E-state index in [1.165, 1.54) is 16.7 Å². The van der Waals surface area contributed by atoms with Crippen LogP contribution in [0.1, 0.15) is 22.7 Å². The molecule has 4 rings (SSSR count). The Morgan fingerprint density at radius 2 is 1.74 bits per heavy atom. The molecule has 0 spiro atoms. The van der Waals surface area contributed by atoms with E-state index in [4.69, 9.17) is 4.74 Å². The number of nitrogens with zero attached hydrogens (tertiary/aromatic N) is 4. The Labute approximate surface area is 173 Å². The normalized spacial score (nSPS) is 24.1. The minimum Gasteiger partial charge on any atom is -0.497 e. The monoisotopic (exact) mass is 410 g/mol. The molecule has 0 radical (unpaired) electrons. The maximum atomic E-state index is 5.31. The maximum absolute atomic E-state index is 5.31. The van der Waals surface area contributed by atoms with Crippen LogP contribution in [0, 0.1) is 25.7 Å². The van der Waals surface area contributed by atoms with Gasteiger partial charge in [0, 0.05) is 31.6 Å². The number of halogens is 2. The zero-order valence-corrected chi connectivity index (χ0v) is 17.9. The van der Waals surface area contributed by atoms with Crippen molar-refractivity contribution in [2.45, 2.75) is 19.9 Å². The summed E-state index contributed by atoms with van der Waals surface area (Å²) in [5, 5.41) is 8.61. The van der Waals surface area contributed by atoms with Crippen molar-refractivity contribution in [2.75, 3.05) is 38.7 Å². The van der Waals surface area contributed by atoms with Crippen molar-refractivity contribution in [3.63, 3.8) is 0 Å². The molecule has 2 saturated heterocycles. The number of hydrogen-bond acceptors (Lipinski definition) is 5. The Balaban J connectivity index is 0.00000131. The molecule has 27 heavy (non-hydrogen) atoms. The second-order valence-corrected chi connectivity index (χ2v) is 7.46. The van der Waals surface area contributed by atoms with Gasteiger partial charge in [-0.1, -0.05) is 12.1 Å². The lowest BCUT2D eigenvalue weighted by atomic mass is 9.89. The van der Waals surface area contributed by atoms with Crippen molar-refractivity contribution >= 4 is 30.6 Å². The maximum Gasteiger partial charge on any atom is 0.154 e. The molecule has 148 valence electrons. The number of anilines is 1. The first kappa shape index (κ1) is 21.7. The van der Waals surface area contributed by atoms with E-state index in [9.17, 15) is 0 Å². The lowest BCUT2D eigenvalue weighted by molar-refractivity contribution is 0.279. The number of likely N-dealkylation sites (tertiary alicyclic amines) is 1. The van der Waals surface area contributed by atoms with Gasteiger partial charge in [-0.05, 0) is 55.6 Å². The predicted octanol–water partition coefficient (Wildman–Crippen LogP) is 3.68. The number of benzene rings is 1. The third-order valence-corrected chi connectivity index (χ3v) is 5.98. The highest BCUT2D eigenvalue weighted by Gasteiger charge is 2.46. The van der Waals surface area contributed by atoms with E-state index in [1.807, 2.05) is 6.20 Å². The van der Waals surface area contributed by atoms with Gasteiger partial charge in [0.2, 0.25) is 0 Å². The molecule has 0 amide bonds. The highest BCUT2D eigenvalue weighted by atomic mass is 35.5. The van der Waals surface area contributed by atoms with Crippen molar-refractivity contribution < 1.29 is 4.74 Å². The average molecular weight is 411 g/mol. The number of ether oxygens (including phenoxy) is 1. The zero-order chi connectivity index (χ0) is 17.6. The molecule has 3 heterocycles. The summed E-state index contributed by atoms with van der Waals surface area (Å²) < 4.78 is 5.31. The van der Waals surface area contributed by atoms with Gasteiger partial charge in [0.15, 0.2) is 5.82 Å². The molecule has 0 N–H and O–H groups in total. The molecule has 0 bridgehead atoms. The van der Waals surface area contributed by atoms with Crippen molar-refractivity contribution in [3.8, 4) is 5.75 Å². The van der Waals surface area contributed by atoms with E-state index in [0.717, 1.165) is 31.2 Å². The van der Waals surface area contributed by atoms with Crippen LogP contribution in [0.4, 0.5) is 5.82 Å². The van der Waals surface area contributed by atoms with Crippen LogP contribution in [0.25, 0.3) is 0 Å². The summed E-state index contributed by atoms with van der Waals surface area (Å²) in [6, 6.07) is 9.02. The van der Waals surface area contributed by atoms with Crippen molar-refractivity contribution in [3.05, 3.63) is 47.2 Å². The van der Waals surface area contributed by atoms with Crippen molar-refractivity contribution in [2.24, 2.45) is 11.8 Å². The first-order chi connectivity index (χ1) is 12.1. The van der Waals surface area contributed by atoms with Crippen LogP contribution in [0.15, 0.2) is 30.5 Å². The highest BCUT2D eigenvalue weighted by molar-refractivity contribution is 5.85. The number of aryl methyl sites for hydroxylation is 1. The summed E-state index contributed by atoms with van der Waals surface area (Å²) in [5.41, 5.74) is 3.85. The first-order valence-electron chi connectivity index (χ1n) is 8.96.